The summed E-state index contributed by atoms with van der Waals surface area (Å²) in [6.07, 6.45) is 2.13. The Balaban J connectivity index is 1.46. The molecular weight excluding hydrogens is 430 g/mol. The predicted octanol–water partition coefficient (Wildman–Crippen LogP) is 6.41. The normalized spacial score (nSPS) is 12.9. The monoisotopic (exact) mass is 461 g/mol. The van der Waals surface area contributed by atoms with Gasteiger partial charge in [0.1, 0.15) is 5.75 Å². The van der Waals surface area contributed by atoms with Gasteiger partial charge in [-0.1, -0.05) is 90.5 Å². The quantitative estimate of drug-likeness (QED) is 0.318. The van der Waals surface area contributed by atoms with Gasteiger partial charge in [-0.05, 0) is 65.3 Å². The average molecular weight is 462 g/mol. The van der Waals surface area contributed by atoms with E-state index in [9.17, 15) is 4.79 Å². The molecule has 0 atom stereocenters. The van der Waals surface area contributed by atoms with Crippen molar-refractivity contribution >= 4 is 5.91 Å². The summed E-state index contributed by atoms with van der Waals surface area (Å²) in [7, 11) is 1.67. The van der Waals surface area contributed by atoms with Crippen molar-refractivity contribution < 1.29 is 9.53 Å². The Bertz CT molecular complexity index is 1290. The SMILES string of the molecule is COc1ccc(-c2ccccc2)c(CC(=O)N(Cc2ccc(C)cc2)C2Cc3ccccc3C2)c1. The largest absolute Gasteiger partial charge is 0.497 e. The fraction of sp³-hybridized carbons (Fsp3) is 0.219. The molecule has 4 aromatic rings. The van der Waals surface area contributed by atoms with Crippen LogP contribution in [0.15, 0.2) is 97.1 Å². The minimum Gasteiger partial charge on any atom is -0.497 e. The molecule has 0 N–H and O–H groups in total. The van der Waals surface area contributed by atoms with Crippen LogP contribution in [0.4, 0.5) is 0 Å². The van der Waals surface area contributed by atoms with E-state index in [1.165, 1.54) is 16.7 Å². The summed E-state index contributed by atoms with van der Waals surface area (Å²) in [6, 6.07) is 33.5. The molecule has 0 unspecified atom stereocenters. The van der Waals surface area contributed by atoms with E-state index in [1.807, 2.05) is 30.3 Å². The van der Waals surface area contributed by atoms with E-state index in [0.29, 0.717) is 13.0 Å². The van der Waals surface area contributed by atoms with Gasteiger partial charge in [0.15, 0.2) is 0 Å². The maximum absolute atomic E-state index is 14.0. The number of benzene rings is 4. The van der Waals surface area contributed by atoms with E-state index < -0.39 is 0 Å². The predicted molar refractivity (Wildman–Crippen MR) is 142 cm³/mol. The Kier molecular flexibility index (Phi) is 6.67. The Morgan fingerprint density at radius 1 is 0.857 bits per heavy atom. The first-order valence-electron chi connectivity index (χ1n) is 12.2. The van der Waals surface area contributed by atoms with Gasteiger partial charge in [-0.3, -0.25) is 4.79 Å². The first-order chi connectivity index (χ1) is 17.1. The molecule has 176 valence electrons. The first-order valence-corrected chi connectivity index (χ1v) is 12.2. The second-order valence-corrected chi connectivity index (χ2v) is 9.40. The zero-order chi connectivity index (χ0) is 24.2. The molecule has 1 aliphatic carbocycles. The molecule has 3 nitrogen and oxygen atoms in total. The summed E-state index contributed by atoms with van der Waals surface area (Å²) >= 11 is 0. The third-order valence-electron chi connectivity index (χ3n) is 7.00. The Labute approximate surface area is 208 Å². The van der Waals surface area contributed by atoms with Gasteiger partial charge >= 0.3 is 0 Å². The van der Waals surface area contributed by atoms with E-state index in [1.54, 1.807) is 7.11 Å². The molecule has 1 amide bonds. The summed E-state index contributed by atoms with van der Waals surface area (Å²) in [5, 5.41) is 0. The summed E-state index contributed by atoms with van der Waals surface area (Å²) in [4.78, 5) is 16.1. The van der Waals surface area contributed by atoms with Gasteiger partial charge in [-0.25, -0.2) is 0 Å². The van der Waals surface area contributed by atoms with Crippen molar-refractivity contribution in [2.24, 2.45) is 0 Å². The van der Waals surface area contributed by atoms with Crippen molar-refractivity contribution in [3.05, 3.63) is 125 Å². The highest BCUT2D eigenvalue weighted by molar-refractivity contribution is 5.83. The molecule has 0 aliphatic heterocycles. The standard InChI is InChI=1S/C32H31NO2/c1-23-12-14-24(15-13-23)22-33(29-18-26-10-6-7-11-27(26)19-29)32(34)21-28-20-30(35-2)16-17-31(28)25-8-4-3-5-9-25/h3-17,20,29H,18-19,21-22H2,1-2H3. The lowest BCUT2D eigenvalue weighted by atomic mass is 9.96. The van der Waals surface area contributed by atoms with Gasteiger partial charge < -0.3 is 9.64 Å². The molecule has 0 spiro atoms. The Morgan fingerprint density at radius 3 is 2.17 bits per heavy atom. The number of ether oxygens (including phenoxy) is 1. The Hall–Kier alpha value is -3.85. The molecular formula is C32H31NO2. The van der Waals surface area contributed by atoms with Gasteiger partial charge in [0.05, 0.1) is 13.5 Å². The summed E-state index contributed by atoms with van der Waals surface area (Å²) in [5.74, 6) is 0.916. The van der Waals surface area contributed by atoms with Crippen molar-refractivity contribution in [1.29, 1.82) is 0 Å². The van der Waals surface area contributed by atoms with Crippen LogP contribution in [0.1, 0.15) is 27.8 Å². The van der Waals surface area contributed by atoms with Crippen LogP contribution in [-0.2, 0) is 30.6 Å². The molecule has 0 heterocycles. The lowest BCUT2D eigenvalue weighted by Crippen LogP contribution is -2.41. The van der Waals surface area contributed by atoms with Gasteiger partial charge in [0, 0.05) is 12.6 Å². The van der Waals surface area contributed by atoms with Crippen LogP contribution in [0, 0.1) is 6.92 Å². The number of aryl methyl sites for hydroxylation is 1. The highest BCUT2D eigenvalue weighted by Crippen LogP contribution is 2.31. The van der Waals surface area contributed by atoms with Crippen LogP contribution in [-0.4, -0.2) is 24.0 Å². The average Bonchev–Trinajstić information content (AvgIpc) is 3.32. The van der Waals surface area contributed by atoms with E-state index in [2.05, 4.69) is 78.6 Å². The number of nitrogens with zero attached hydrogens (tertiary/aromatic N) is 1. The lowest BCUT2D eigenvalue weighted by molar-refractivity contribution is -0.133. The number of hydrogen-bond acceptors (Lipinski definition) is 2. The van der Waals surface area contributed by atoms with Crippen LogP contribution in [0.2, 0.25) is 0 Å². The van der Waals surface area contributed by atoms with Crippen LogP contribution < -0.4 is 4.74 Å². The van der Waals surface area contributed by atoms with Gasteiger partial charge in [-0.2, -0.15) is 0 Å². The second-order valence-electron chi connectivity index (χ2n) is 9.40. The number of fused-ring (bicyclic) bond motifs is 1. The van der Waals surface area contributed by atoms with Crippen molar-refractivity contribution in [3.63, 3.8) is 0 Å². The number of carbonyl (C=O) groups is 1. The summed E-state index contributed by atoms with van der Waals surface area (Å²) < 4.78 is 5.51. The third kappa shape index (κ3) is 5.14. The molecule has 0 saturated carbocycles. The molecule has 0 bridgehead atoms. The number of methoxy groups -OCH3 is 1. The smallest absolute Gasteiger partial charge is 0.227 e. The number of amides is 1. The molecule has 0 aromatic heterocycles. The van der Waals surface area contributed by atoms with Crippen molar-refractivity contribution in [3.8, 4) is 16.9 Å². The third-order valence-corrected chi connectivity index (χ3v) is 7.00. The number of hydrogen-bond donors (Lipinski definition) is 0. The molecule has 0 saturated heterocycles. The fourth-order valence-electron chi connectivity index (χ4n) is 5.07. The molecule has 0 radical (unpaired) electrons. The maximum atomic E-state index is 14.0. The van der Waals surface area contributed by atoms with Crippen molar-refractivity contribution in [2.75, 3.05) is 7.11 Å². The molecule has 1 aliphatic rings. The fourth-order valence-corrected chi connectivity index (χ4v) is 5.07. The topological polar surface area (TPSA) is 29.5 Å². The highest BCUT2D eigenvalue weighted by atomic mass is 16.5. The van der Waals surface area contributed by atoms with Crippen LogP contribution in [0.25, 0.3) is 11.1 Å². The summed E-state index contributed by atoms with van der Waals surface area (Å²) in [6.45, 7) is 2.70. The highest BCUT2D eigenvalue weighted by Gasteiger charge is 2.30. The van der Waals surface area contributed by atoms with E-state index in [0.717, 1.165) is 40.8 Å². The van der Waals surface area contributed by atoms with Crippen LogP contribution in [0.3, 0.4) is 0 Å². The molecule has 0 fully saturated rings. The van der Waals surface area contributed by atoms with Crippen molar-refractivity contribution in [1.82, 2.24) is 4.90 Å². The van der Waals surface area contributed by atoms with E-state index >= 15 is 0 Å². The minimum absolute atomic E-state index is 0.147. The van der Waals surface area contributed by atoms with Gasteiger partial charge in [0.25, 0.3) is 0 Å². The lowest BCUT2D eigenvalue weighted by Gasteiger charge is -2.30. The van der Waals surface area contributed by atoms with E-state index in [4.69, 9.17) is 4.74 Å². The maximum Gasteiger partial charge on any atom is 0.227 e. The van der Waals surface area contributed by atoms with Gasteiger partial charge in [0.2, 0.25) is 5.91 Å². The molecule has 5 rings (SSSR count). The van der Waals surface area contributed by atoms with E-state index in [-0.39, 0.29) is 11.9 Å². The zero-order valence-electron chi connectivity index (χ0n) is 20.4. The van der Waals surface area contributed by atoms with Crippen LogP contribution >= 0.6 is 0 Å². The minimum atomic E-state index is 0.147. The first kappa shape index (κ1) is 22.9. The molecule has 3 heteroatoms. The Morgan fingerprint density at radius 2 is 1.51 bits per heavy atom. The molecule has 4 aromatic carbocycles. The number of carbonyl (C=O) groups excluding carboxylic acids is 1. The molecule has 35 heavy (non-hydrogen) atoms. The summed E-state index contributed by atoms with van der Waals surface area (Å²) in [5.41, 5.74) is 8.26. The van der Waals surface area contributed by atoms with Crippen molar-refractivity contribution in [2.45, 2.75) is 38.8 Å². The second kappa shape index (κ2) is 10.2. The number of rotatable bonds is 7. The zero-order valence-corrected chi connectivity index (χ0v) is 20.4. The van der Waals surface area contributed by atoms with Gasteiger partial charge in [-0.15, -0.1) is 0 Å². The van der Waals surface area contributed by atoms with Crippen LogP contribution in [0.5, 0.6) is 5.75 Å².